The highest BCUT2D eigenvalue weighted by molar-refractivity contribution is 8.27. The molecule has 228 valence electrons. The number of thioether (sulfide) groups is 1. The number of rotatable bonds is 3. The summed E-state index contributed by atoms with van der Waals surface area (Å²) in [6, 6.07) is 39.5. The Hall–Kier alpha value is -3.95. The van der Waals surface area contributed by atoms with E-state index in [0.29, 0.717) is 10.1 Å². The maximum atomic E-state index is 9.02. The molecule has 0 amide bonds. The third-order valence-corrected chi connectivity index (χ3v) is 13.2. The van der Waals surface area contributed by atoms with Crippen molar-refractivity contribution in [3.8, 4) is 11.1 Å². The summed E-state index contributed by atoms with van der Waals surface area (Å²) in [7, 11) is 0. The Bertz CT molecular complexity index is 2030. The van der Waals surface area contributed by atoms with E-state index >= 15 is 0 Å². The first-order valence-electron chi connectivity index (χ1n) is 17.0. The van der Waals surface area contributed by atoms with Crippen molar-refractivity contribution in [2.75, 3.05) is 0 Å². The van der Waals surface area contributed by atoms with Crippen LogP contribution >= 0.6 is 11.8 Å². The summed E-state index contributed by atoms with van der Waals surface area (Å²) in [6.07, 6.45) is 7.03. The molecule has 2 nitrogen and oxygen atoms in total. The predicted molar refractivity (Wildman–Crippen MR) is 193 cm³/mol. The van der Waals surface area contributed by atoms with Gasteiger partial charge < -0.3 is 0 Å². The van der Waals surface area contributed by atoms with Crippen molar-refractivity contribution in [3.63, 3.8) is 0 Å². The van der Waals surface area contributed by atoms with Gasteiger partial charge in [0, 0.05) is 22.0 Å². The summed E-state index contributed by atoms with van der Waals surface area (Å²) >= 11 is 1.22. The molecule has 4 fully saturated rings. The van der Waals surface area contributed by atoms with E-state index in [9.17, 15) is 0 Å². The first-order chi connectivity index (χ1) is 22.4. The van der Waals surface area contributed by atoms with Gasteiger partial charge in [0.05, 0.1) is 0 Å². The Morgan fingerprint density at radius 3 is 1.91 bits per heavy atom. The SMILES string of the molecule is CC1(C)c2ccccc2C2(c3ccc(-c4ccc(C(=N)SC(=N)c5ccccc5)c5ccccc45)cc31)C1CC3CC(C1)CC2C3. The Morgan fingerprint density at radius 1 is 0.587 bits per heavy atom. The van der Waals surface area contributed by atoms with Crippen molar-refractivity contribution < 1.29 is 0 Å². The van der Waals surface area contributed by atoms with E-state index in [2.05, 4.69) is 92.7 Å². The lowest BCUT2D eigenvalue weighted by molar-refractivity contribution is -0.0443. The lowest BCUT2D eigenvalue weighted by Crippen LogP contribution is -2.58. The number of hydrogen-bond donors (Lipinski definition) is 2. The molecule has 0 aliphatic heterocycles. The molecule has 5 aliphatic rings. The highest BCUT2D eigenvalue weighted by Gasteiger charge is 2.62. The van der Waals surface area contributed by atoms with Crippen LogP contribution in [0, 0.1) is 34.5 Å². The van der Waals surface area contributed by atoms with Gasteiger partial charge in [-0.1, -0.05) is 129 Å². The minimum absolute atomic E-state index is 0.0891. The Morgan fingerprint density at radius 2 is 1.20 bits per heavy atom. The van der Waals surface area contributed by atoms with Gasteiger partial charge >= 0.3 is 0 Å². The summed E-state index contributed by atoms with van der Waals surface area (Å²) in [5, 5.41) is 20.7. The van der Waals surface area contributed by atoms with Gasteiger partial charge in [0.15, 0.2) is 0 Å². The van der Waals surface area contributed by atoms with Crippen molar-refractivity contribution in [2.24, 2.45) is 23.7 Å². The third-order valence-electron chi connectivity index (χ3n) is 12.3. The molecule has 5 aromatic rings. The maximum Gasteiger partial charge on any atom is 0.101 e. The third kappa shape index (κ3) is 3.97. The fraction of sp³-hybridized carbons (Fsp3) is 0.302. The fourth-order valence-electron chi connectivity index (χ4n) is 10.6. The molecule has 46 heavy (non-hydrogen) atoms. The molecule has 0 saturated heterocycles. The van der Waals surface area contributed by atoms with Crippen LogP contribution in [-0.2, 0) is 10.8 Å². The molecule has 5 aromatic carbocycles. The van der Waals surface area contributed by atoms with E-state index in [-0.39, 0.29) is 10.8 Å². The number of nitrogens with one attached hydrogen (secondary N) is 2. The second kappa shape index (κ2) is 10.3. The highest BCUT2D eigenvalue weighted by atomic mass is 32.2. The number of hydrogen-bond acceptors (Lipinski definition) is 3. The molecule has 0 aromatic heterocycles. The molecule has 4 bridgehead atoms. The van der Waals surface area contributed by atoms with Gasteiger partial charge in [-0.3, -0.25) is 10.8 Å². The highest BCUT2D eigenvalue weighted by Crippen LogP contribution is 2.68. The quantitative estimate of drug-likeness (QED) is 0.154. The topological polar surface area (TPSA) is 47.7 Å². The lowest BCUT2D eigenvalue weighted by atomic mass is 9.39. The number of benzene rings is 5. The monoisotopic (exact) mass is 616 g/mol. The van der Waals surface area contributed by atoms with Crippen molar-refractivity contribution in [3.05, 3.63) is 143 Å². The van der Waals surface area contributed by atoms with E-state index in [4.69, 9.17) is 10.8 Å². The number of fused-ring (bicyclic) bond motifs is 3. The molecule has 1 spiro atoms. The first kappa shape index (κ1) is 28.3. The summed E-state index contributed by atoms with van der Waals surface area (Å²) in [4.78, 5) is 0. The summed E-state index contributed by atoms with van der Waals surface area (Å²) in [6.45, 7) is 4.89. The average molecular weight is 617 g/mol. The Kier molecular flexibility index (Phi) is 6.32. The molecule has 0 atom stereocenters. The van der Waals surface area contributed by atoms with Gasteiger partial charge in [-0.05, 0) is 106 Å². The van der Waals surface area contributed by atoms with Crippen LogP contribution in [0.15, 0.2) is 109 Å². The van der Waals surface area contributed by atoms with Gasteiger partial charge in [0.2, 0.25) is 0 Å². The second-order valence-corrected chi connectivity index (χ2v) is 16.0. The normalized spacial score (nSPS) is 26.6. The summed E-state index contributed by atoms with van der Waals surface area (Å²) in [5.74, 6) is 3.33. The van der Waals surface area contributed by atoms with Crippen LogP contribution in [-0.4, -0.2) is 10.1 Å². The van der Waals surface area contributed by atoms with Gasteiger partial charge in [-0.25, -0.2) is 0 Å². The van der Waals surface area contributed by atoms with Crippen LogP contribution in [0.3, 0.4) is 0 Å². The molecule has 5 aliphatic carbocycles. The van der Waals surface area contributed by atoms with Crippen LogP contribution < -0.4 is 0 Å². The smallest absolute Gasteiger partial charge is 0.101 e. The predicted octanol–water partition coefficient (Wildman–Crippen LogP) is 11.0. The Labute approximate surface area is 276 Å². The molecule has 4 saturated carbocycles. The maximum absolute atomic E-state index is 9.02. The molecule has 2 N–H and O–H groups in total. The zero-order chi connectivity index (χ0) is 31.2. The zero-order valence-corrected chi connectivity index (χ0v) is 27.5. The van der Waals surface area contributed by atoms with Gasteiger partial charge in [0.25, 0.3) is 0 Å². The standard InChI is InChI=1S/C43H40N2S/c1-42(2)36-14-8-9-15-37(36)43(30-21-26-20-27(23-30)24-31(43)22-26)38-19-16-29(25-39(38)42)32-17-18-35(34-13-7-6-12-33(32)34)41(45)46-40(44)28-10-4-3-5-11-28/h3-19,25-27,30-31,44-45H,20-24H2,1-2H3. The molecular formula is C43H40N2S. The second-order valence-electron chi connectivity index (χ2n) is 14.9. The zero-order valence-electron chi connectivity index (χ0n) is 26.6. The molecule has 3 heteroatoms. The van der Waals surface area contributed by atoms with Gasteiger partial charge in [0.1, 0.15) is 10.1 Å². The van der Waals surface area contributed by atoms with Crippen LogP contribution in [0.5, 0.6) is 0 Å². The molecule has 0 radical (unpaired) electrons. The molecule has 10 rings (SSSR count). The fourth-order valence-corrected chi connectivity index (χ4v) is 11.4. The first-order valence-corrected chi connectivity index (χ1v) is 17.8. The summed E-state index contributed by atoms with van der Waals surface area (Å²) < 4.78 is 0. The van der Waals surface area contributed by atoms with Crippen molar-refractivity contribution in [2.45, 2.75) is 56.8 Å². The van der Waals surface area contributed by atoms with Gasteiger partial charge in [-0.2, -0.15) is 0 Å². The van der Waals surface area contributed by atoms with E-state index in [0.717, 1.165) is 45.6 Å². The van der Waals surface area contributed by atoms with E-state index < -0.39 is 0 Å². The minimum atomic E-state index is -0.0891. The largest absolute Gasteiger partial charge is 0.293 e. The van der Waals surface area contributed by atoms with Gasteiger partial charge in [-0.15, -0.1) is 0 Å². The average Bonchev–Trinajstić information content (AvgIpc) is 3.08. The lowest BCUT2D eigenvalue weighted by Gasteiger charge is -2.64. The molecule has 0 unspecified atom stereocenters. The minimum Gasteiger partial charge on any atom is -0.293 e. The van der Waals surface area contributed by atoms with E-state index in [1.165, 1.54) is 66.1 Å². The van der Waals surface area contributed by atoms with Crippen LogP contribution in [0.2, 0.25) is 0 Å². The van der Waals surface area contributed by atoms with Crippen LogP contribution in [0.1, 0.15) is 79.3 Å². The molecule has 0 heterocycles. The van der Waals surface area contributed by atoms with Crippen molar-refractivity contribution >= 4 is 32.6 Å². The van der Waals surface area contributed by atoms with Crippen molar-refractivity contribution in [1.82, 2.24) is 0 Å². The Balaban J connectivity index is 1.17. The van der Waals surface area contributed by atoms with Crippen LogP contribution in [0.4, 0.5) is 0 Å². The summed E-state index contributed by atoms with van der Waals surface area (Å²) in [5.41, 5.74) is 10.5. The van der Waals surface area contributed by atoms with Crippen LogP contribution in [0.25, 0.3) is 21.9 Å². The van der Waals surface area contributed by atoms with E-state index in [1.807, 2.05) is 30.3 Å². The van der Waals surface area contributed by atoms with E-state index in [1.54, 1.807) is 11.1 Å². The van der Waals surface area contributed by atoms with Crippen molar-refractivity contribution in [1.29, 1.82) is 10.8 Å². The molecular weight excluding hydrogens is 577 g/mol.